The van der Waals surface area contributed by atoms with E-state index < -0.39 is 5.91 Å². The molecule has 0 spiro atoms. The summed E-state index contributed by atoms with van der Waals surface area (Å²) in [5.74, 6) is 1.83. The number of benzene rings is 3. The first kappa shape index (κ1) is 25.6. The number of amides is 2. The molecule has 3 aromatic carbocycles. The Balaban J connectivity index is 1.13. The van der Waals surface area contributed by atoms with Gasteiger partial charge in [-0.3, -0.25) is 9.59 Å². The molecule has 2 heterocycles. The van der Waals surface area contributed by atoms with Gasteiger partial charge in [-0.15, -0.1) is 4.91 Å². The Morgan fingerprint density at radius 2 is 1.64 bits per heavy atom. The van der Waals surface area contributed by atoms with E-state index in [9.17, 15) is 14.5 Å². The molecule has 9 nitrogen and oxygen atoms in total. The zero-order valence-corrected chi connectivity index (χ0v) is 21.0. The number of pyridine rings is 1. The van der Waals surface area contributed by atoms with Crippen molar-refractivity contribution in [2.75, 3.05) is 29.9 Å². The average molecular weight is 523 g/mol. The lowest BCUT2D eigenvalue weighted by Gasteiger charge is -2.18. The van der Waals surface area contributed by atoms with Crippen LogP contribution in [-0.2, 0) is 0 Å². The molecule has 0 saturated carbocycles. The van der Waals surface area contributed by atoms with Gasteiger partial charge in [0, 0.05) is 35.3 Å². The molecule has 5 rings (SSSR count). The summed E-state index contributed by atoms with van der Waals surface area (Å²) in [5.41, 5.74) is 1.28. The molecule has 1 aliphatic rings. The normalized spacial score (nSPS) is 14.5. The molecular weight excluding hydrogens is 496 g/mol. The summed E-state index contributed by atoms with van der Waals surface area (Å²) in [4.78, 5) is 41.5. The third kappa shape index (κ3) is 6.64. The molecule has 1 aromatic heterocycles. The molecule has 0 radical (unpaired) electrons. The predicted octanol–water partition coefficient (Wildman–Crippen LogP) is 5.94. The molecule has 2 amide bonds. The van der Waals surface area contributed by atoms with Crippen LogP contribution in [0.5, 0.6) is 17.2 Å². The van der Waals surface area contributed by atoms with Gasteiger partial charge in [0.1, 0.15) is 23.1 Å². The summed E-state index contributed by atoms with van der Waals surface area (Å²) < 4.78 is 11.7. The molecule has 1 atom stereocenters. The smallest absolute Gasteiger partial charge is 0.316 e. The monoisotopic (exact) mass is 522 g/mol. The van der Waals surface area contributed by atoms with Crippen LogP contribution in [0.4, 0.5) is 11.5 Å². The minimum atomic E-state index is -0.816. The van der Waals surface area contributed by atoms with Gasteiger partial charge in [0.15, 0.2) is 0 Å². The standard InChI is InChI=1S/C30H26N4O5/c35-29(22-6-5-11-27(17-22)39-25-8-2-1-3-9-25)32-24-12-13-28(31-18-24)34-15-14-21(19-34)20-38-26-10-4-7-23(16-26)30(36)33-37/h1-13,16-18,21H,14-15,19-20H2,(H,32,35)/t21-/m1/s1. The fourth-order valence-electron chi connectivity index (χ4n) is 4.34. The Kier molecular flexibility index (Phi) is 7.87. The van der Waals surface area contributed by atoms with Crippen LogP contribution in [-0.4, -0.2) is 36.5 Å². The van der Waals surface area contributed by atoms with Crippen molar-refractivity contribution >= 4 is 23.3 Å². The number of ether oxygens (including phenoxy) is 2. The molecular formula is C30H26N4O5. The number of hydrogen-bond donors (Lipinski definition) is 1. The molecule has 1 saturated heterocycles. The average Bonchev–Trinajstić information content (AvgIpc) is 3.46. The second kappa shape index (κ2) is 12.0. The maximum Gasteiger partial charge on any atom is 0.316 e. The highest BCUT2D eigenvalue weighted by Gasteiger charge is 2.24. The second-order valence-electron chi connectivity index (χ2n) is 9.14. The van der Waals surface area contributed by atoms with Crippen LogP contribution >= 0.6 is 0 Å². The zero-order chi connectivity index (χ0) is 27.0. The molecule has 1 aliphatic heterocycles. The summed E-state index contributed by atoms with van der Waals surface area (Å²) in [6, 6.07) is 26.6. The second-order valence-corrected chi connectivity index (χ2v) is 9.14. The Morgan fingerprint density at radius 3 is 2.41 bits per heavy atom. The minimum absolute atomic E-state index is 0.208. The van der Waals surface area contributed by atoms with Gasteiger partial charge in [-0.25, -0.2) is 4.98 Å². The number of carbonyl (C=O) groups excluding carboxylic acids is 2. The number of aromatic nitrogens is 1. The lowest BCUT2D eigenvalue weighted by molar-refractivity contribution is 0.0997. The maximum absolute atomic E-state index is 12.8. The van der Waals surface area contributed by atoms with E-state index in [0.717, 1.165) is 25.3 Å². The van der Waals surface area contributed by atoms with Crippen LogP contribution in [0.1, 0.15) is 27.1 Å². The van der Waals surface area contributed by atoms with Crippen LogP contribution in [0.3, 0.4) is 0 Å². The molecule has 0 bridgehead atoms. The summed E-state index contributed by atoms with van der Waals surface area (Å²) in [5, 5.41) is 5.33. The molecule has 0 unspecified atom stereocenters. The molecule has 9 heteroatoms. The van der Waals surface area contributed by atoms with E-state index in [0.29, 0.717) is 35.1 Å². The summed E-state index contributed by atoms with van der Waals surface area (Å²) in [6.45, 7) is 2.07. The van der Waals surface area contributed by atoms with E-state index in [2.05, 4.69) is 20.4 Å². The van der Waals surface area contributed by atoms with Gasteiger partial charge in [-0.05, 0) is 67.1 Å². The van der Waals surface area contributed by atoms with Gasteiger partial charge >= 0.3 is 5.91 Å². The number of para-hydroxylation sites is 1. The van der Waals surface area contributed by atoms with Crippen LogP contribution in [0, 0.1) is 10.8 Å². The number of nitrogens with one attached hydrogen (secondary N) is 1. The van der Waals surface area contributed by atoms with Gasteiger partial charge in [-0.1, -0.05) is 30.3 Å². The number of rotatable bonds is 9. The van der Waals surface area contributed by atoms with E-state index in [1.807, 2.05) is 42.5 Å². The van der Waals surface area contributed by atoms with E-state index in [1.165, 1.54) is 12.1 Å². The van der Waals surface area contributed by atoms with Crippen LogP contribution < -0.4 is 19.7 Å². The predicted molar refractivity (Wildman–Crippen MR) is 148 cm³/mol. The summed E-state index contributed by atoms with van der Waals surface area (Å²) in [7, 11) is 0. The molecule has 39 heavy (non-hydrogen) atoms. The fraction of sp³-hybridized carbons (Fsp3) is 0.167. The van der Waals surface area contributed by atoms with Crippen molar-refractivity contribution in [3.05, 3.63) is 113 Å². The highest BCUT2D eigenvalue weighted by atomic mass is 16.5. The molecule has 196 valence electrons. The number of hydrogen-bond acceptors (Lipinski definition) is 7. The molecule has 1 fully saturated rings. The van der Waals surface area contributed by atoms with Gasteiger partial charge in [-0.2, -0.15) is 0 Å². The third-order valence-electron chi connectivity index (χ3n) is 6.34. The minimum Gasteiger partial charge on any atom is -0.493 e. The molecule has 0 aliphatic carbocycles. The van der Waals surface area contributed by atoms with E-state index in [-0.39, 0.29) is 17.4 Å². The van der Waals surface area contributed by atoms with Gasteiger partial charge < -0.3 is 19.7 Å². The van der Waals surface area contributed by atoms with Crippen molar-refractivity contribution < 1.29 is 19.1 Å². The lowest BCUT2D eigenvalue weighted by atomic mass is 10.1. The Morgan fingerprint density at radius 1 is 0.897 bits per heavy atom. The van der Waals surface area contributed by atoms with E-state index >= 15 is 0 Å². The Hall–Kier alpha value is -5.05. The fourth-order valence-corrected chi connectivity index (χ4v) is 4.34. The Bertz CT molecular complexity index is 1460. The first-order valence-electron chi connectivity index (χ1n) is 12.5. The molecule has 1 N–H and O–H groups in total. The van der Waals surface area contributed by atoms with Crippen molar-refractivity contribution in [2.24, 2.45) is 11.1 Å². The largest absolute Gasteiger partial charge is 0.493 e. The van der Waals surface area contributed by atoms with Crippen LogP contribution in [0.2, 0.25) is 0 Å². The van der Waals surface area contributed by atoms with Gasteiger partial charge in [0.25, 0.3) is 5.91 Å². The van der Waals surface area contributed by atoms with Gasteiger partial charge in [0.05, 0.1) is 18.5 Å². The van der Waals surface area contributed by atoms with E-state index in [4.69, 9.17) is 9.47 Å². The summed E-state index contributed by atoms with van der Waals surface area (Å²) in [6.07, 6.45) is 2.57. The summed E-state index contributed by atoms with van der Waals surface area (Å²) >= 11 is 0. The van der Waals surface area contributed by atoms with Crippen molar-refractivity contribution in [1.29, 1.82) is 0 Å². The first-order valence-corrected chi connectivity index (χ1v) is 12.5. The number of anilines is 2. The Labute approximate surface area is 225 Å². The topological polar surface area (TPSA) is 110 Å². The first-order chi connectivity index (χ1) is 19.1. The van der Waals surface area contributed by atoms with Crippen LogP contribution in [0.25, 0.3) is 0 Å². The third-order valence-corrected chi connectivity index (χ3v) is 6.34. The number of carbonyl (C=O) groups is 2. The van der Waals surface area contributed by atoms with Crippen molar-refractivity contribution in [1.82, 2.24) is 4.98 Å². The quantitative estimate of drug-likeness (QED) is 0.271. The van der Waals surface area contributed by atoms with Crippen molar-refractivity contribution in [3.63, 3.8) is 0 Å². The highest BCUT2D eigenvalue weighted by molar-refractivity contribution is 6.04. The SMILES string of the molecule is O=NC(=O)c1cccc(OC[C@@H]2CCN(c3ccc(NC(=O)c4cccc(Oc5ccccc5)c4)cn3)C2)c1. The van der Waals surface area contributed by atoms with Crippen molar-refractivity contribution in [3.8, 4) is 17.2 Å². The number of nitroso groups, excluding NO2 is 1. The maximum atomic E-state index is 12.8. The zero-order valence-electron chi connectivity index (χ0n) is 21.0. The highest BCUT2D eigenvalue weighted by Crippen LogP contribution is 2.25. The van der Waals surface area contributed by atoms with Crippen molar-refractivity contribution in [2.45, 2.75) is 6.42 Å². The lowest BCUT2D eigenvalue weighted by Crippen LogP contribution is -2.22. The van der Waals surface area contributed by atoms with Crippen LogP contribution in [0.15, 0.2) is 102 Å². The number of nitrogens with zero attached hydrogens (tertiary/aromatic N) is 3. The molecule has 4 aromatic rings. The van der Waals surface area contributed by atoms with Gasteiger partial charge in [0.2, 0.25) is 0 Å². The van der Waals surface area contributed by atoms with E-state index in [1.54, 1.807) is 42.6 Å².